The molecule has 0 unspecified atom stereocenters. The number of nitrogens with one attached hydrogen (secondary N) is 2. The topological polar surface area (TPSA) is 93.7 Å². The van der Waals surface area contributed by atoms with Gasteiger partial charge in [0.25, 0.3) is 15.9 Å². The fourth-order valence-electron chi connectivity index (χ4n) is 3.06. The Bertz CT molecular complexity index is 1240. The largest absolute Gasteiger partial charge is 0.454 e. The van der Waals surface area contributed by atoms with Gasteiger partial charge in [-0.2, -0.15) is 0 Å². The molecule has 1 aliphatic rings. The van der Waals surface area contributed by atoms with Crippen LogP contribution in [0.4, 0.5) is 11.4 Å². The number of rotatable bonds is 5. The van der Waals surface area contributed by atoms with Crippen molar-refractivity contribution in [3.63, 3.8) is 0 Å². The molecule has 1 amide bonds. The normalized spacial score (nSPS) is 12.5. The molecule has 0 atom stereocenters. The van der Waals surface area contributed by atoms with E-state index >= 15 is 0 Å². The number of sulfonamides is 1. The molecule has 0 saturated carbocycles. The van der Waals surface area contributed by atoms with Gasteiger partial charge < -0.3 is 14.8 Å². The van der Waals surface area contributed by atoms with Gasteiger partial charge in [0.05, 0.1) is 10.6 Å². The molecule has 0 bridgehead atoms. The van der Waals surface area contributed by atoms with E-state index in [1.807, 2.05) is 32.0 Å². The highest BCUT2D eigenvalue weighted by atomic mass is 32.2. The van der Waals surface area contributed by atoms with Crippen molar-refractivity contribution in [2.24, 2.45) is 0 Å². The predicted molar refractivity (Wildman–Crippen MR) is 114 cm³/mol. The van der Waals surface area contributed by atoms with Crippen LogP contribution in [0.5, 0.6) is 11.5 Å². The quantitative estimate of drug-likeness (QED) is 0.644. The molecule has 154 valence electrons. The van der Waals surface area contributed by atoms with Crippen LogP contribution in [0.1, 0.15) is 21.5 Å². The van der Waals surface area contributed by atoms with Crippen molar-refractivity contribution < 1.29 is 22.7 Å². The van der Waals surface area contributed by atoms with E-state index in [2.05, 4.69) is 10.0 Å². The molecule has 0 fully saturated rings. The number of benzene rings is 3. The van der Waals surface area contributed by atoms with Crippen LogP contribution in [0.15, 0.2) is 65.6 Å². The van der Waals surface area contributed by atoms with E-state index in [1.54, 1.807) is 24.3 Å². The van der Waals surface area contributed by atoms with Crippen LogP contribution in [0, 0.1) is 13.8 Å². The van der Waals surface area contributed by atoms with Crippen LogP contribution in [0.25, 0.3) is 0 Å². The predicted octanol–water partition coefficient (Wildman–Crippen LogP) is 4.09. The Hall–Kier alpha value is -3.52. The molecule has 3 aromatic carbocycles. The standard InChI is InChI=1S/C22H20N2O5S/c1-14-5-3-8-19(15(14)2)23-22(25)16-6-4-7-18(11-16)30(26,27)24-17-9-10-20-21(12-17)29-13-28-20/h3-12,24H,13H2,1-2H3,(H,23,25). The summed E-state index contributed by atoms with van der Waals surface area (Å²) in [6, 6.07) is 16.3. The minimum absolute atomic E-state index is 0.0196. The monoisotopic (exact) mass is 424 g/mol. The summed E-state index contributed by atoms with van der Waals surface area (Å²) >= 11 is 0. The fourth-order valence-corrected chi connectivity index (χ4v) is 4.15. The van der Waals surface area contributed by atoms with Gasteiger partial charge in [0.15, 0.2) is 11.5 Å². The zero-order valence-electron chi connectivity index (χ0n) is 16.4. The van der Waals surface area contributed by atoms with Crippen LogP contribution in [-0.2, 0) is 10.0 Å². The number of hydrogen-bond donors (Lipinski definition) is 2. The molecular formula is C22H20N2O5S. The highest BCUT2D eigenvalue weighted by molar-refractivity contribution is 7.92. The lowest BCUT2D eigenvalue weighted by atomic mass is 10.1. The summed E-state index contributed by atoms with van der Waals surface area (Å²) in [6.45, 7) is 3.98. The minimum atomic E-state index is -3.90. The average molecular weight is 424 g/mol. The summed E-state index contributed by atoms with van der Waals surface area (Å²) < 4.78 is 38.6. The molecule has 0 spiro atoms. The molecule has 0 radical (unpaired) electrons. The molecule has 8 heteroatoms. The third-order valence-corrected chi connectivity index (χ3v) is 6.26. The Morgan fingerprint density at radius 2 is 1.70 bits per heavy atom. The molecule has 2 N–H and O–H groups in total. The number of fused-ring (bicyclic) bond motifs is 1. The second kappa shape index (κ2) is 7.72. The van der Waals surface area contributed by atoms with Gasteiger partial charge in [0.2, 0.25) is 6.79 Å². The van der Waals surface area contributed by atoms with Crippen LogP contribution in [0.3, 0.4) is 0 Å². The molecule has 0 aromatic heterocycles. The smallest absolute Gasteiger partial charge is 0.261 e. The molecule has 4 rings (SSSR count). The van der Waals surface area contributed by atoms with E-state index < -0.39 is 10.0 Å². The van der Waals surface area contributed by atoms with Gasteiger partial charge in [-0.1, -0.05) is 18.2 Å². The summed E-state index contributed by atoms with van der Waals surface area (Å²) in [5.74, 6) is 0.642. The van der Waals surface area contributed by atoms with Crippen LogP contribution in [-0.4, -0.2) is 21.1 Å². The van der Waals surface area contributed by atoms with Crippen molar-refractivity contribution in [2.45, 2.75) is 18.7 Å². The van der Waals surface area contributed by atoms with E-state index in [-0.39, 0.29) is 23.2 Å². The molecular weight excluding hydrogens is 404 g/mol. The average Bonchev–Trinajstić information content (AvgIpc) is 3.19. The Kier molecular flexibility index (Phi) is 5.09. The summed E-state index contributed by atoms with van der Waals surface area (Å²) in [7, 11) is -3.90. The van der Waals surface area contributed by atoms with Gasteiger partial charge in [-0.25, -0.2) is 8.42 Å². The third-order valence-electron chi connectivity index (χ3n) is 4.88. The van der Waals surface area contributed by atoms with Crippen molar-refractivity contribution in [2.75, 3.05) is 16.8 Å². The van der Waals surface area contributed by atoms with E-state index in [4.69, 9.17) is 9.47 Å². The van der Waals surface area contributed by atoms with Gasteiger partial charge in [0, 0.05) is 17.3 Å². The second-order valence-corrected chi connectivity index (χ2v) is 8.59. The second-order valence-electron chi connectivity index (χ2n) is 6.90. The molecule has 3 aromatic rings. The highest BCUT2D eigenvalue weighted by Crippen LogP contribution is 2.34. The van der Waals surface area contributed by atoms with Gasteiger partial charge in [-0.05, 0) is 61.4 Å². The zero-order valence-corrected chi connectivity index (χ0v) is 17.2. The van der Waals surface area contributed by atoms with Crippen molar-refractivity contribution in [1.82, 2.24) is 0 Å². The molecule has 0 aliphatic carbocycles. The number of ether oxygens (including phenoxy) is 2. The SMILES string of the molecule is Cc1cccc(NC(=O)c2cccc(S(=O)(=O)Nc3ccc4c(c3)OCO4)c2)c1C. The van der Waals surface area contributed by atoms with Crippen molar-refractivity contribution in [3.05, 3.63) is 77.4 Å². The number of carbonyl (C=O) groups excluding carboxylic acids is 1. The maximum Gasteiger partial charge on any atom is 0.261 e. The van der Waals surface area contributed by atoms with Crippen LogP contribution >= 0.6 is 0 Å². The fraction of sp³-hybridized carbons (Fsp3) is 0.136. The summed E-state index contributed by atoms with van der Waals surface area (Å²) in [5, 5.41) is 2.84. The first-order valence-electron chi connectivity index (χ1n) is 9.23. The zero-order chi connectivity index (χ0) is 21.3. The number of carbonyl (C=O) groups is 1. The lowest BCUT2D eigenvalue weighted by Gasteiger charge is -2.12. The lowest BCUT2D eigenvalue weighted by molar-refractivity contribution is 0.102. The van der Waals surface area contributed by atoms with E-state index in [0.717, 1.165) is 11.1 Å². The Labute approximate surface area is 174 Å². The molecule has 1 heterocycles. The Morgan fingerprint density at radius 1 is 0.933 bits per heavy atom. The molecule has 7 nitrogen and oxygen atoms in total. The molecule has 0 saturated heterocycles. The van der Waals surface area contributed by atoms with E-state index in [0.29, 0.717) is 22.9 Å². The van der Waals surface area contributed by atoms with Gasteiger partial charge in [-0.15, -0.1) is 0 Å². The third kappa shape index (κ3) is 3.95. The van der Waals surface area contributed by atoms with Crippen LogP contribution in [0.2, 0.25) is 0 Å². The summed E-state index contributed by atoms with van der Waals surface area (Å²) in [6.07, 6.45) is 0. The first kappa shape index (κ1) is 19.8. The van der Waals surface area contributed by atoms with Crippen molar-refractivity contribution in [1.29, 1.82) is 0 Å². The number of anilines is 2. The lowest BCUT2D eigenvalue weighted by Crippen LogP contribution is -2.16. The molecule has 30 heavy (non-hydrogen) atoms. The minimum Gasteiger partial charge on any atom is -0.454 e. The maximum atomic E-state index is 12.8. The van der Waals surface area contributed by atoms with Gasteiger partial charge >= 0.3 is 0 Å². The first-order valence-corrected chi connectivity index (χ1v) is 10.7. The Morgan fingerprint density at radius 3 is 2.53 bits per heavy atom. The highest BCUT2D eigenvalue weighted by Gasteiger charge is 2.19. The van der Waals surface area contributed by atoms with Crippen LogP contribution < -0.4 is 19.5 Å². The number of aryl methyl sites for hydroxylation is 1. The van der Waals surface area contributed by atoms with Crippen molar-refractivity contribution in [3.8, 4) is 11.5 Å². The first-order chi connectivity index (χ1) is 14.3. The number of hydrogen-bond acceptors (Lipinski definition) is 5. The summed E-state index contributed by atoms with van der Waals surface area (Å²) in [5.41, 5.74) is 3.27. The maximum absolute atomic E-state index is 12.8. The van der Waals surface area contributed by atoms with E-state index in [1.165, 1.54) is 18.2 Å². The van der Waals surface area contributed by atoms with E-state index in [9.17, 15) is 13.2 Å². The Balaban J connectivity index is 1.56. The van der Waals surface area contributed by atoms with Crippen molar-refractivity contribution >= 4 is 27.3 Å². The van der Waals surface area contributed by atoms with Gasteiger partial charge in [-0.3, -0.25) is 9.52 Å². The molecule has 1 aliphatic heterocycles. The summed E-state index contributed by atoms with van der Waals surface area (Å²) in [4.78, 5) is 12.7. The van der Waals surface area contributed by atoms with Gasteiger partial charge in [0.1, 0.15) is 0 Å². The number of amides is 1.